The van der Waals surface area contributed by atoms with Gasteiger partial charge in [-0.2, -0.15) is 0 Å². The van der Waals surface area contributed by atoms with Crippen molar-refractivity contribution < 1.29 is 19.1 Å². The second kappa shape index (κ2) is 7.34. The van der Waals surface area contributed by atoms with Gasteiger partial charge in [-0.05, 0) is 25.4 Å². The molecule has 1 fully saturated rings. The first-order valence-electron chi connectivity index (χ1n) is 6.80. The smallest absolute Gasteiger partial charge is 0.414 e. The van der Waals surface area contributed by atoms with Gasteiger partial charge >= 0.3 is 6.09 Å². The number of hydrogen-bond acceptors (Lipinski definition) is 7. The number of imide groups is 1. The molecule has 0 spiro atoms. The molecule has 2 rings (SSSR count). The fraction of sp³-hybridized carbons (Fsp3) is 0.462. The Morgan fingerprint density at radius 2 is 2.27 bits per heavy atom. The summed E-state index contributed by atoms with van der Waals surface area (Å²) in [6.45, 7) is 3.01. The molecule has 1 saturated heterocycles. The topological polar surface area (TPSA) is 99.8 Å². The van der Waals surface area contributed by atoms with Gasteiger partial charge in [0, 0.05) is 13.2 Å². The molecule has 120 valence electrons. The van der Waals surface area contributed by atoms with E-state index in [0.29, 0.717) is 18.2 Å². The van der Waals surface area contributed by atoms with Crippen LogP contribution >= 0.6 is 11.3 Å². The Bertz CT molecular complexity index is 574. The molecular formula is C13H18N4O4S. The van der Waals surface area contributed by atoms with Crippen LogP contribution in [0, 0.1) is 0 Å². The Balaban J connectivity index is 2.01. The van der Waals surface area contributed by atoms with Crippen molar-refractivity contribution in [3.63, 3.8) is 0 Å². The molecule has 1 aliphatic rings. The van der Waals surface area contributed by atoms with Crippen molar-refractivity contribution in [2.45, 2.75) is 13.0 Å². The van der Waals surface area contributed by atoms with E-state index in [1.165, 1.54) is 11.3 Å². The Labute approximate surface area is 131 Å². The lowest BCUT2D eigenvalue weighted by Gasteiger charge is -2.17. The van der Waals surface area contributed by atoms with E-state index in [1.54, 1.807) is 18.4 Å². The maximum atomic E-state index is 12.2. The van der Waals surface area contributed by atoms with Crippen LogP contribution < -0.4 is 16.0 Å². The molecule has 8 nitrogen and oxygen atoms in total. The third-order valence-electron chi connectivity index (χ3n) is 3.17. The maximum absolute atomic E-state index is 12.2. The maximum Gasteiger partial charge on any atom is 0.414 e. The fourth-order valence-electron chi connectivity index (χ4n) is 2.04. The van der Waals surface area contributed by atoms with Gasteiger partial charge in [-0.3, -0.25) is 19.8 Å². The monoisotopic (exact) mass is 326 g/mol. The van der Waals surface area contributed by atoms with Crippen LogP contribution in [0.25, 0.3) is 0 Å². The summed E-state index contributed by atoms with van der Waals surface area (Å²) in [4.78, 5) is 37.4. The highest BCUT2D eigenvalue weighted by Gasteiger charge is 2.28. The van der Waals surface area contributed by atoms with Crippen LogP contribution in [0.15, 0.2) is 11.4 Å². The first-order chi connectivity index (χ1) is 10.5. The molecule has 1 unspecified atom stereocenters. The number of carbonyl (C=O) groups is 3. The second-order valence-corrected chi connectivity index (χ2v) is 5.63. The van der Waals surface area contributed by atoms with Crippen molar-refractivity contribution in [3.05, 3.63) is 17.0 Å². The quantitative estimate of drug-likeness (QED) is 0.742. The number of likely N-dealkylation sites (N-methyl/N-ethyl adjacent to an activating group) is 1. The zero-order valence-electron chi connectivity index (χ0n) is 12.3. The van der Waals surface area contributed by atoms with E-state index in [0.717, 1.165) is 0 Å². The van der Waals surface area contributed by atoms with Gasteiger partial charge in [0.1, 0.15) is 11.0 Å². The Kier molecular flexibility index (Phi) is 5.47. The largest absolute Gasteiger partial charge is 0.450 e. The number of nitrogens with one attached hydrogen (secondary N) is 3. The van der Waals surface area contributed by atoms with Crippen LogP contribution in [-0.4, -0.2) is 55.7 Å². The number of carbonyl (C=O) groups excluding carboxylic acids is 3. The SMILES string of the molecule is CCOC(=O)NC(=O)c1ccsc1NC(=O)C1CNCN1C. The van der Waals surface area contributed by atoms with Crippen molar-refractivity contribution in [1.29, 1.82) is 0 Å². The minimum absolute atomic E-state index is 0.174. The lowest BCUT2D eigenvalue weighted by Crippen LogP contribution is -2.39. The van der Waals surface area contributed by atoms with Crippen molar-refractivity contribution in [2.75, 3.05) is 32.2 Å². The van der Waals surface area contributed by atoms with E-state index in [4.69, 9.17) is 0 Å². The summed E-state index contributed by atoms with van der Waals surface area (Å²) in [5, 5.41) is 10.0. The van der Waals surface area contributed by atoms with Gasteiger partial charge in [-0.1, -0.05) is 0 Å². The second-order valence-electron chi connectivity index (χ2n) is 4.71. The van der Waals surface area contributed by atoms with Crippen molar-refractivity contribution in [2.24, 2.45) is 0 Å². The number of amides is 3. The lowest BCUT2D eigenvalue weighted by atomic mass is 10.2. The van der Waals surface area contributed by atoms with Gasteiger partial charge in [0.05, 0.1) is 12.2 Å². The zero-order chi connectivity index (χ0) is 16.1. The van der Waals surface area contributed by atoms with E-state index >= 15 is 0 Å². The summed E-state index contributed by atoms with van der Waals surface area (Å²) in [6, 6.07) is 1.26. The number of hydrogen-bond donors (Lipinski definition) is 3. The van der Waals surface area contributed by atoms with E-state index in [1.807, 2.05) is 11.9 Å². The molecule has 1 aromatic rings. The third kappa shape index (κ3) is 3.81. The minimum Gasteiger partial charge on any atom is -0.450 e. The summed E-state index contributed by atoms with van der Waals surface area (Å²) in [7, 11) is 1.84. The van der Waals surface area contributed by atoms with Gasteiger partial charge in [-0.15, -0.1) is 11.3 Å². The molecule has 22 heavy (non-hydrogen) atoms. The number of nitrogens with zero attached hydrogens (tertiary/aromatic N) is 1. The van der Waals surface area contributed by atoms with Crippen LogP contribution in [0.5, 0.6) is 0 Å². The van der Waals surface area contributed by atoms with Crippen LogP contribution in [-0.2, 0) is 9.53 Å². The van der Waals surface area contributed by atoms with Gasteiger partial charge < -0.3 is 15.4 Å². The molecule has 9 heteroatoms. The van der Waals surface area contributed by atoms with Crippen molar-refractivity contribution >= 4 is 34.2 Å². The molecule has 1 aromatic heterocycles. The normalized spacial score (nSPS) is 18.0. The summed E-state index contributed by atoms with van der Waals surface area (Å²) < 4.78 is 4.66. The highest BCUT2D eigenvalue weighted by atomic mass is 32.1. The molecule has 0 saturated carbocycles. The molecular weight excluding hydrogens is 308 g/mol. The summed E-state index contributed by atoms with van der Waals surface area (Å²) in [6.07, 6.45) is -0.810. The highest BCUT2D eigenvalue weighted by Crippen LogP contribution is 2.23. The summed E-state index contributed by atoms with van der Waals surface area (Å²) >= 11 is 1.22. The predicted octanol–water partition coefficient (Wildman–Crippen LogP) is 0.434. The molecule has 3 amide bonds. The fourth-order valence-corrected chi connectivity index (χ4v) is 2.83. The Hall–Kier alpha value is -1.97. The molecule has 3 N–H and O–H groups in total. The Morgan fingerprint density at radius 3 is 2.91 bits per heavy atom. The molecule has 2 heterocycles. The Morgan fingerprint density at radius 1 is 1.50 bits per heavy atom. The number of anilines is 1. The average molecular weight is 326 g/mol. The van der Waals surface area contributed by atoms with Crippen LogP contribution in [0.2, 0.25) is 0 Å². The van der Waals surface area contributed by atoms with Gasteiger partial charge in [0.25, 0.3) is 5.91 Å². The number of thiophene rings is 1. The van der Waals surface area contributed by atoms with Crippen LogP contribution in [0.1, 0.15) is 17.3 Å². The zero-order valence-corrected chi connectivity index (χ0v) is 13.2. The van der Waals surface area contributed by atoms with Gasteiger partial charge in [-0.25, -0.2) is 4.79 Å². The van der Waals surface area contributed by atoms with Crippen LogP contribution in [0.4, 0.5) is 9.80 Å². The third-order valence-corrected chi connectivity index (χ3v) is 4.00. The molecule has 0 bridgehead atoms. The number of ether oxygens (including phenoxy) is 1. The van der Waals surface area contributed by atoms with E-state index in [-0.39, 0.29) is 24.1 Å². The van der Waals surface area contributed by atoms with E-state index < -0.39 is 12.0 Å². The highest BCUT2D eigenvalue weighted by molar-refractivity contribution is 7.14. The van der Waals surface area contributed by atoms with E-state index in [2.05, 4.69) is 20.7 Å². The van der Waals surface area contributed by atoms with Crippen molar-refractivity contribution in [1.82, 2.24) is 15.5 Å². The van der Waals surface area contributed by atoms with Gasteiger partial charge in [0.15, 0.2) is 0 Å². The molecule has 0 radical (unpaired) electrons. The minimum atomic E-state index is -0.810. The first-order valence-corrected chi connectivity index (χ1v) is 7.68. The van der Waals surface area contributed by atoms with Crippen molar-refractivity contribution in [3.8, 4) is 0 Å². The molecule has 1 aliphatic heterocycles. The molecule has 1 atom stereocenters. The predicted molar refractivity (Wildman–Crippen MR) is 81.9 cm³/mol. The summed E-state index contributed by atoms with van der Waals surface area (Å²) in [5.41, 5.74) is 0.236. The first kappa shape index (κ1) is 16.4. The van der Waals surface area contributed by atoms with Gasteiger partial charge in [0.2, 0.25) is 5.91 Å². The summed E-state index contributed by atoms with van der Waals surface area (Å²) in [5.74, 6) is -0.798. The average Bonchev–Trinajstić information content (AvgIpc) is 3.07. The number of rotatable bonds is 4. The van der Waals surface area contributed by atoms with E-state index in [9.17, 15) is 14.4 Å². The number of alkyl carbamates (subject to hydrolysis) is 1. The van der Waals surface area contributed by atoms with Crippen LogP contribution in [0.3, 0.4) is 0 Å². The lowest BCUT2D eigenvalue weighted by molar-refractivity contribution is -0.119. The molecule has 0 aromatic carbocycles. The molecule has 0 aliphatic carbocycles. The standard InChI is InChI=1S/C13H18N4O4S/c1-3-21-13(20)16-10(18)8-4-5-22-12(8)15-11(19)9-6-14-7-17(9)2/h4-5,9,14H,3,6-7H2,1-2H3,(H,15,19)(H,16,18,20).